The zero-order valence-electron chi connectivity index (χ0n) is 22.6. The first-order valence-electron chi connectivity index (χ1n) is 12.0. The molecule has 1 aliphatic rings. The molecule has 37 heavy (non-hydrogen) atoms. The number of esters is 3. The van der Waals surface area contributed by atoms with Crippen LogP contribution in [0.5, 0.6) is 0 Å². The standard InChI is InChI=1S/C24H39NO9S3/c1-14(26)25-19(13-37(7)12-10-8-9-11-36-18(5)30)20-21(31-15(2)27)22(32-16(3)28)23(33-17(4)29)24(34-20)35-6/h19-24H,8-13H2,1-7H3/p+1/t19-,20+,21-,22-,23+,24+,37?/m0/s1. The molecular weight excluding hydrogens is 542 g/mol. The summed E-state index contributed by atoms with van der Waals surface area (Å²) in [6.07, 6.45) is 2.70. The molecule has 1 fully saturated rings. The van der Waals surface area contributed by atoms with E-state index in [0.29, 0.717) is 5.75 Å². The molecule has 212 valence electrons. The summed E-state index contributed by atoms with van der Waals surface area (Å²) >= 11 is 2.59. The second-order valence-electron chi connectivity index (χ2n) is 8.79. The summed E-state index contributed by atoms with van der Waals surface area (Å²) in [4.78, 5) is 59.1. The van der Waals surface area contributed by atoms with E-state index in [4.69, 9.17) is 18.9 Å². The van der Waals surface area contributed by atoms with Crippen LogP contribution in [0.15, 0.2) is 0 Å². The molecule has 1 rings (SSSR count). The lowest BCUT2D eigenvalue weighted by atomic mass is 9.94. The second kappa shape index (κ2) is 17.2. The van der Waals surface area contributed by atoms with Crippen molar-refractivity contribution in [2.75, 3.05) is 29.8 Å². The Morgan fingerprint density at radius 1 is 0.865 bits per heavy atom. The molecule has 1 aliphatic heterocycles. The predicted molar refractivity (Wildman–Crippen MR) is 146 cm³/mol. The van der Waals surface area contributed by atoms with E-state index in [1.165, 1.54) is 51.2 Å². The highest BCUT2D eigenvalue weighted by molar-refractivity contribution is 8.13. The first kappa shape index (κ1) is 33.6. The monoisotopic (exact) mass is 582 g/mol. The fourth-order valence-electron chi connectivity index (χ4n) is 4.03. The van der Waals surface area contributed by atoms with E-state index >= 15 is 0 Å². The van der Waals surface area contributed by atoms with Gasteiger partial charge in [0.25, 0.3) is 0 Å². The Hall–Kier alpha value is -1.44. The van der Waals surface area contributed by atoms with Crippen molar-refractivity contribution in [1.82, 2.24) is 5.32 Å². The number of unbranched alkanes of at least 4 members (excludes halogenated alkanes) is 2. The third kappa shape index (κ3) is 12.8. The first-order chi connectivity index (χ1) is 17.3. The van der Waals surface area contributed by atoms with E-state index < -0.39 is 53.8 Å². The van der Waals surface area contributed by atoms with Crippen molar-refractivity contribution < 1.29 is 42.9 Å². The third-order valence-electron chi connectivity index (χ3n) is 5.36. The van der Waals surface area contributed by atoms with Gasteiger partial charge in [0.15, 0.2) is 23.4 Å². The topological polar surface area (TPSA) is 134 Å². The Morgan fingerprint density at radius 3 is 1.95 bits per heavy atom. The quantitative estimate of drug-likeness (QED) is 0.140. The van der Waals surface area contributed by atoms with Gasteiger partial charge in [0, 0.05) is 40.4 Å². The van der Waals surface area contributed by atoms with Crippen LogP contribution in [-0.4, -0.2) is 94.6 Å². The summed E-state index contributed by atoms with van der Waals surface area (Å²) in [5.41, 5.74) is -0.723. The highest BCUT2D eigenvalue weighted by Crippen LogP contribution is 2.34. The molecule has 0 radical (unpaired) electrons. The number of hydrogen-bond acceptors (Lipinski definition) is 11. The maximum atomic E-state index is 12.2. The molecule has 0 aromatic rings. The van der Waals surface area contributed by atoms with Crippen molar-refractivity contribution in [1.29, 1.82) is 0 Å². The van der Waals surface area contributed by atoms with E-state index in [1.54, 1.807) is 13.2 Å². The number of nitrogens with one attached hydrogen (secondary N) is 1. The van der Waals surface area contributed by atoms with Gasteiger partial charge in [-0.05, 0) is 36.4 Å². The van der Waals surface area contributed by atoms with Crippen molar-refractivity contribution in [2.45, 2.75) is 89.8 Å². The van der Waals surface area contributed by atoms with Gasteiger partial charge in [0.05, 0.1) is 6.26 Å². The normalized spacial score (nSPS) is 24.9. The largest absolute Gasteiger partial charge is 0.456 e. The van der Waals surface area contributed by atoms with E-state index in [0.717, 1.165) is 30.8 Å². The molecule has 0 aliphatic carbocycles. The minimum atomic E-state index is -1.12. The fourth-order valence-corrected chi connectivity index (χ4v) is 7.13. The summed E-state index contributed by atoms with van der Waals surface area (Å²) in [5.74, 6) is 0.144. The predicted octanol–water partition coefficient (Wildman–Crippen LogP) is 2.07. The molecule has 10 nitrogen and oxygen atoms in total. The molecule has 13 heteroatoms. The maximum Gasteiger partial charge on any atom is 0.303 e. The van der Waals surface area contributed by atoms with Crippen LogP contribution in [0.4, 0.5) is 0 Å². The molecule has 0 aromatic carbocycles. The van der Waals surface area contributed by atoms with Crippen LogP contribution in [-0.2, 0) is 53.8 Å². The van der Waals surface area contributed by atoms with E-state index in [-0.39, 0.29) is 21.9 Å². The zero-order chi connectivity index (χ0) is 28.1. The van der Waals surface area contributed by atoms with Crippen LogP contribution >= 0.6 is 23.5 Å². The number of thioether (sulfide) groups is 2. The molecule has 0 bridgehead atoms. The number of rotatable bonds is 14. The molecule has 0 saturated carbocycles. The van der Waals surface area contributed by atoms with Crippen molar-refractivity contribution in [3.8, 4) is 0 Å². The number of hydrogen-bond donors (Lipinski definition) is 1. The minimum Gasteiger partial charge on any atom is -0.456 e. The van der Waals surface area contributed by atoms with E-state index in [9.17, 15) is 24.0 Å². The lowest BCUT2D eigenvalue weighted by molar-refractivity contribution is -0.234. The molecule has 0 spiro atoms. The molecular formula is C24H40NO9S3+. The lowest BCUT2D eigenvalue weighted by Crippen LogP contribution is -2.66. The Labute approximate surface area is 230 Å². The SMILES string of the molecule is CS[C@H]1O[C@H]([C@H](C[S+](C)CCCCCSC(C)=O)NC(C)=O)[C@H](OC(C)=O)[C@H](OC(C)=O)[C@H]1OC(C)=O. The molecule has 0 aromatic heterocycles. The zero-order valence-corrected chi connectivity index (χ0v) is 25.1. The summed E-state index contributed by atoms with van der Waals surface area (Å²) in [6, 6.07) is -0.547. The molecule has 1 unspecified atom stereocenters. The van der Waals surface area contributed by atoms with Gasteiger partial charge in [0.1, 0.15) is 29.1 Å². The smallest absolute Gasteiger partial charge is 0.303 e. The Bertz CT molecular complexity index is 797. The molecule has 1 N–H and O–H groups in total. The summed E-state index contributed by atoms with van der Waals surface area (Å²) in [5, 5.41) is 3.05. The average molecular weight is 583 g/mol. The van der Waals surface area contributed by atoms with Gasteiger partial charge in [-0.15, -0.1) is 11.8 Å². The van der Waals surface area contributed by atoms with Crippen LogP contribution < -0.4 is 5.32 Å². The van der Waals surface area contributed by atoms with Crippen molar-refractivity contribution in [2.24, 2.45) is 0 Å². The number of carbonyl (C=O) groups is 5. The lowest BCUT2D eigenvalue weighted by Gasteiger charge is -2.46. The van der Waals surface area contributed by atoms with Gasteiger partial charge in [-0.1, -0.05) is 11.8 Å². The summed E-state index contributed by atoms with van der Waals surface area (Å²) in [6.45, 7) is 6.64. The van der Waals surface area contributed by atoms with Gasteiger partial charge in [-0.2, -0.15) is 0 Å². The minimum absolute atomic E-state index is 0.120. The van der Waals surface area contributed by atoms with Crippen LogP contribution in [0, 0.1) is 0 Å². The third-order valence-corrected chi connectivity index (χ3v) is 9.02. The number of carbonyl (C=O) groups excluding carboxylic acids is 5. The second-order valence-corrected chi connectivity index (χ2v) is 13.3. The molecule has 1 heterocycles. The van der Waals surface area contributed by atoms with Crippen LogP contribution in [0.2, 0.25) is 0 Å². The average Bonchev–Trinajstić information content (AvgIpc) is 2.76. The van der Waals surface area contributed by atoms with Crippen LogP contribution in [0.3, 0.4) is 0 Å². The summed E-state index contributed by atoms with van der Waals surface area (Å²) in [7, 11) is -0.122. The maximum absolute atomic E-state index is 12.2. The number of amides is 1. The van der Waals surface area contributed by atoms with Gasteiger partial charge in [-0.3, -0.25) is 24.0 Å². The highest BCUT2D eigenvalue weighted by atomic mass is 32.2. The molecule has 7 atom stereocenters. The Morgan fingerprint density at radius 2 is 1.43 bits per heavy atom. The van der Waals surface area contributed by atoms with Crippen molar-refractivity contribution in [3.05, 3.63) is 0 Å². The van der Waals surface area contributed by atoms with Gasteiger partial charge >= 0.3 is 17.9 Å². The number of ether oxygens (including phenoxy) is 4. The first-order valence-corrected chi connectivity index (χ1v) is 16.3. The van der Waals surface area contributed by atoms with E-state index in [2.05, 4.69) is 11.6 Å². The van der Waals surface area contributed by atoms with Gasteiger partial charge in [0.2, 0.25) is 5.91 Å². The summed E-state index contributed by atoms with van der Waals surface area (Å²) < 4.78 is 22.9. The Kier molecular flexibility index (Phi) is 15.6. The molecule has 1 saturated heterocycles. The van der Waals surface area contributed by atoms with Crippen LogP contribution in [0.1, 0.15) is 53.9 Å². The molecule has 1 amide bonds. The van der Waals surface area contributed by atoms with Crippen LogP contribution in [0.25, 0.3) is 0 Å². The fraction of sp³-hybridized carbons (Fsp3) is 0.792. The van der Waals surface area contributed by atoms with E-state index in [1.807, 2.05) is 0 Å². The van der Waals surface area contributed by atoms with Crippen molar-refractivity contribution in [3.63, 3.8) is 0 Å². The van der Waals surface area contributed by atoms with Crippen molar-refractivity contribution >= 4 is 63.3 Å². The highest BCUT2D eigenvalue weighted by Gasteiger charge is 2.54. The van der Waals surface area contributed by atoms with Gasteiger partial charge < -0.3 is 24.3 Å². The van der Waals surface area contributed by atoms with Gasteiger partial charge in [-0.25, -0.2) is 0 Å². The Balaban J connectivity index is 3.15.